The van der Waals surface area contributed by atoms with Crippen LogP contribution in [0.1, 0.15) is 24.6 Å². The first-order valence-electron chi connectivity index (χ1n) is 7.25. The van der Waals surface area contributed by atoms with Gasteiger partial charge in [-0.25, -0.2) is 0 Å². The van der Waals surface area contributed by atoms with Crippen LogP contribution in [-0.2, 0) is 13.0 Å². The fourth-order valence-corrected chi connectivity index (χ4v) is 3.16. The number of amidine groups is 1. The predicted molar refractivity (Wildman–Crippen MR) is 86.0 cm³/mol. The van der Waals surface area contributed by atoms with Gasteiger partial charge < -0.3 is 9.88 Å². The Hall–Kier alpha value is -1.48. The van der Waals surface area contributed by atoms with Crippen LogP contribution in [-0.4, -0.2) is 23.5 Å². The van der Waals surface area contributed by atoms with Crippen LogP contribution < -0.4 is 5.32 Å². The molecule has 0 atom stereocenters. The second kappa shape index (κ2) is 5.49. The van der Waals surface area contributed by atoms with Gasteiger partial charge in [-0.2, -0.15) is 0 Å². The first kappa shape index (κ1) is 13.5. The van der Waals surface area contributed by atoms with E-state index in [1.165, 1.54) is 22.2 Å². The molecule has 0 fully saturated rings. The fourth-order valence-electron chi connectivity index (χ4n) is 2.99. The van der Waals surface area contributed by atoms with Gasteiger partial charge in [0.2, 0.25) is 0 Å². The molecule has 1 aromatic heterocycles. The van der Waals surface area contributed by atoms with Gasteiger partial charge in [0, 0.05) is 28.2 Å². The van der Waals surface area contributed by atoms with Crippen molar-refractivity contribution in [1.82, 2.24) is 9.88 Å². The van der Waals surface area contributed by atoms with Gasteiger partial charge in [0.1, 0.15) is 5.84 Å². The zero-order valence-corrected chi connectivity index (χ0v) is 12.8. The van der Waals surface area contributed by atoms with Crippen molar-refractivity contribution >= 4 is 28.3 Å². The summed E-state index contributed by atoms with van der Waals surface area (Å²) in [6.45, 7) is 7.11. The number of hydrogen-bond donors (Lipinski definition) is 1. The Balaban J connectivity index is 2.13. The number of fused-ring (bicyclic) bond motifs is 1. The van der Waals surface area contributed by atoms with E-state index in [1.807, 2.05) is 6.07 Å². The van der Waals surface area contributed by atoms with Crippen LogP contribution in [0, 0.1) is 6.92 Å². The summed E-state index contributed by atoms with van der Waals surface area (Å²) in [5.41, 5.74) is 4.01. The molecule has 1 aliphatic heterocycles. The molecule has 1 N–H and O–H groups in total. The molecule has 20 heavy (non-hydrogen) atoms. The molecule has 106 valence electrons. The maximum atomic E-state index is 6.15. The molecule has 0 saturated heterocycles. The summed E-state index contributed by atoms with van der Waals surface area (Å²) < 4.78 is 2.39. The van der Waals surface area contributed by atoms with Gasteiger partial charge >= 0.3 is 0 Å². The summed E-state index contributed by atoms with van der Waals surface area (Å²) in [5, 5.41) is 5.43. The smallest absolute Gasteiger partial charge is 0.117 e. The molecule has 2 aromatic rings. The summed E-state index contributed by atoms with van der Waals surface area (Å²) in [5.74, 6) is 1.09. The first-order valence-corrected chi connectivity index (χ1v) is 7.63. The highest BCUT2D eigenvalue weighted by Crippen LogP contribution is 2.29. The Morgan fingerprint density at radius 2 is 2.25 bits per heavy atom. The summed E-state index contributed by atoms with van der Waals surface area (Å²) in [7, 11) is 0. The van der Waals surface area contributed by atoms with Crippen molar-refractivity contribution < 1.29 is 0 Å². The quantitative estimate of drug-likeness (QED) is 0.916. The Morgan fingerprint density at radius 1 is 1.40 bits per heavy atom. The average Bonchev–Trinajstić information content (AvgIpc) is 3.02. The third-order valence-corrected chi connectivity index (χ3v) is 4.19. The van der Waals surface area contributed by atoms with E-state index < -0.39 is 0 Å². The van der Waals surface area contributed by atoms with E-state index >= 15 is 0 Å². The molecule has 4 heteroatoms. The zero-order valence-electron chi connectivity index (χ0n) is 12.0. The number of rotatable bonds is 4. The van der Waals surface area contributed by atoms with E-state index in [9.17, 15) is 0 Å². The number of benzene rings is 1. The SMILES string of the molecule is CCCc1c(C)c2cc(Cl)ccc2n1CC1=NCCN1. The highest BCUT2D eigenvalue weighted by atomic mass is 35.5. The van der Waals surface area contributed by atoms with Crippen molar-refractivity contribution in [3.63, 3.8) is 0 Å². The monoisotopic (exact) mass is 289 g/mol. The second-order valence-electron chi connectivity index (χ2n) is 5.32. The maximum absolute atomic E-state index is 6.15. The Kier molecular flexibility index (Phi) is 3.70. The number of aromatic nitrogens is 1. The first-order chi connectivity index (χ1) is 9.70. The average molecular weight is 290 g/mol. The Labute approximate surface area is 124 Å². The largest absolute Gasteiger partial charge is 0.370 e. The van der Waals surface area contributed by atoms with Gasteiger partial charge in [-0.3, -0.25) is 4.99 Å². The number of hydrogen-bond acceptors (Lipinski definition) is 2. The van der Waals surface area contributed by atoms with Crippen LogP contribution in [0.2, 0.25) is 5.02 Å². The molecule has 2 heterocycles. The predicted octanol–water partition coefficient (Wildman–Crippen LogP) is 3.56. The fraction of sp³-hybridized carbons (Fsp3) is 0.438. The van der Waals surface area contributed by atoms with E-state index in [2.05, 4.69) is 40.9 Å². The van der Waals surface area contributed by atoms with Gasteiger partial charge in [-0.05, 0) is 37.1 Å². The minimum absolute atomic E-state index is 0.803. The number of nitrogens with one attached hydrogen (secondary N) is 1. The molecular weight excluding hydrogens is 270 g/mol. The second-order valence-corrected chi connectivity index (χ2v) is 5.76. The number of nitrogens with zero attached hydrogens (tertiary/aromatic N) is 2. The maximum Gasteiger partial charge on any atom is 0.117 e. The molecule has 0 unspecified atom stereocenters. The summed E-state index contributed by atoms with van der Waals surface area (Å²) >= 11 is 6.15. The van der Waals surface area contributed by atoms with Crippen molar-refractivity contribution in [3.8, 4) is 0 Å². The number of aryl methyl sites for hydroxylation is 1. The molecular formula is C16H20ClN3. The minimum atomic E-state index is 0.803. The van der Waals surface area contributed by atoms with Crippen LogP contribution in [0.25, 0.3) is 10.9 Å². The van der Waals surface area contributed by atoms with Gasteiger partial charge in [0.05, 0.1) is 13.1 Å². The summed E-state index contributed by atoms with van der Waals surface area (Å²) in [6.07, 6.45) is 2.23. The highest BCUT2D eigenvalue weighted by Gasteiger charge is 2.16. The molecule has 1 aliphatic rings. The lowest BCUT2D eigenvalue weighted by atomic mass is 10.1. The van der Waals surface area contributed by atoms with Crippen LogP contribution in [0.4, 0.5) is 0 Å². The van der Waals surface area contributed by atoms with Crippen LogP contribution in [0.15, 0.2) is 23.2 Å². The molecule has 0 saturated carbocycles. The van der Waals surface area contributed by atoms with E-state index in [0.717, 1.165) is 43.3 Å². The van der Waals surface area contributed by atoms with Gasteiger partial charge in [-0.1, -0.05) is 24.9 Å². The molecule has 0 aliphatic carbocycles. The van der Waals surface area contributed by atoms with E-state index in [0.29, 0.717) is 0 Å². The Bertz CT molecular complexity index is 670. The Morgan fingerprint density at radius 3 is 2.95 bits per heavy atom. The molecule has 0 bridgehead atoms. The lowest BCUT2D eigenvalue weighted by molar-refractivity contribution is 0.760. The third-order valence-electron chi connectivity index (χ3n) is 3.95. The lowest BCUT2D eigenvalue weighted by Gasteiger charge is -2.11. The molecule has 3 rings (SSSR count). The number of aliphatic imine (C=N–C) groups is 1. The van der Waals surface area contributed by atoms with Crippen LogP contribution >= 0.6 is 11.6 Å². The van der Waals surface area contributed by atoms with Crippen molar-refractivity contribution in [2.45, 2.75) is 33.2 Å². The van der Waals surface area contributed by atoms with E-state index in [1.54, 1.807) is 0 Å². The van der Waals surface area contributed by atoms with Crippen molar-refractivity contribution in [1.29, 1.82) is 0 Å². The van der Waals surface area contributed by atoms with Crippen molar-refractivity contribution in [2.24, 2.45) is 4.99 Å². The van der Waals surface area contributed by atoms with Crippen LogP contribution in [0.3, 0.4) is 0 Å². The van der Waals surface area contributed by atoms with Crippen molar-refractivity contribution in [2.75, 3.05) is 13.1 Å². The summed E-state index contributed by atoms with van der Waals surface area (Å²) in [4.78, 5) is 4.52. The zero-order chi connectivity index (χ0) is 14.1. The third kappa shape index (κ3) is 2.31. The van der Waals surface area contributed by atoms with Crippen molar-refractivity contribution in [3.05, 3.63) is 34.5 Å². The topological polar surface area (TPSA) is 29.3 Å². The van der Waals surface area contributed by atoms with Gasteiger partial charge in [0.15, 0.2) is 0 Å². The lowest BCUT2D eigenvalue weighted by Crippen LogP contribution is -2.24. The van der Waals surface area contributed by atoms with Gasteiger partial charge in [0.25, 0.3) is 0 Å². The molecule has 3 nitrogen and oxygen atoms in total. The standard InChI is InChI=1S/C16H20ClN3/c1-3-4-14-11(2)13-9-12(17)5-6-15(13)20(14)10-16-18-7-8-19-16/h5-6,9H,3-4,7-8,10H2,1-2H3,(H,18,19). The normalized spacial score (nSPS) is 14.7. The van der Waals surface area contributed by atoms with E-state index in [4.69, 9.17) is 11.6 Å². The van der Waals surface area contributed by atoms with Crippen LogP contribution in [0.5, 0.6) is 0 Å². The molecule has 0 spiro atoms. The molecule has 1 aromatic carbocycles. The number of halogens is 1. The van der Waals surface area contributed by atoms with E-state index in [-0.39, 0.29) is 0 Å². The van der Waals surface area contributed by atoms with Gasteiger partial charge in [-0.15, -0.1) is 0 Å². The molecule has 0 radical (unpaired) electrons. The molecule has 0 amide bonds. The minimum Gasteiger partial charge on any atom is -0.370 e. The summed E-state index contributed by atoms with van der Waals surface area (Å²) in [6, 6.07) is 6.17. The highest BCUT2D eigenvalue weighted by molar-refractivity contribution is 6.31.